The highest BCUT2D eigenvalue weighted by molar-refractivity contribution is 6.32. The summed E-state index contributed by atoms with van der Waals surface area (Å²) < 4.78 is 13.5. The van der Waals surface area contributed by atoms with Gasteiger partial charge in [-0.15, -0.1) is 0 Å². The molecular weight excluding hydrogens is 449 g/mol. The third kappa shape index (κ3) is 5.67. The van der Waals surface area contributed by atoms with Gasteiger partial charge in [-0.1, -0.05) is 37.0 Å². The van der Waals surface area contributed by atoms with Gasteiger partial charge in [0.25, 0.3) is 5.91 Å². The van der Waals surface area contributed by atoms with Crippen LogP contribution >= 0.6 is 23.2 Å². The average Bonchev–Trinajstić information content (AvgIpc) is 3.32. The van der Waals surface area contributed by atoms with Gasteiger partial charge in [-0.2, -0.15) is 5.10 Å². The fourth-order valence-electron chi connectivity index (χ4n) is 3.38. The minimum absolute atomic E-state index is 0.229. The standard InChI is InChI=1S/C24H29Cl2N3O3/c1-14(2)19-12-20(25)15(3)11-22(19)31-13-18-7-8-21(32-18)24(30)27-9-6-10-29-17(5)23(26)16(4)28-29/h7-8,11-12,14H,6,9-10,13H2,1-5H3,(H,27,30). The summed E-state index contributed by atoms with van der Waals surface area (Å²) in [5, 5.41) is 8.68. The molecule has 0 saturated carbocycles. The molecule has 0 saturated heterocycles. The van der Waals surface area contributed by atoms with Crippen LogP contribution in [0.4, 0.5) is 0 Å². The lowest BCUT2D eigenvalue weighted by Crippen LogP contribution is -2.25. The third-order valence-corrected chi connectivity index (χ3v) is 6.25. The molecule has 1 aromatic carbocycles. The van der Waals surface area contributed by atoms with Crippen molar-refractivity contribution in [2.45, 2.75) is 60.1 Å². The second-order valence-corrected chi connectivity index (χ2v) is 8.95. The molecule has 1 N–H and O–H groups in total. The molecule has 0 spiro atoms. The van der Waals surface area contributed by atoms with Gasteiger partial charge in [0.1, 0.15) is 18.1 Å². The van der Waals surface area contributed by atoms with Crippen molar-refractivity contribution in [2.24, 2.45) is 0 Å². The molecule has 6 nitrogen and oxygen atoms in total. The lowest BCUT2D eigenvalue weighted by atomic mass is 10.0. The third-order valence-electron chi connectivity index (χ3n) is 5.29. The summed E-state index contributed by atoms with van der Waals surface area (Å²) in [5.41, 5.74) is 3.73. The van der Waals surface area contributed by atoms with Gasteiger partial charge in [-0.3, -0.25) is 9.48 Å². The zero-order chi connectivity index (χ0) is 23.4. The van der Waals surface area contributed by atoms with Crippen LogP contribution in [0.25, 0.3) is 0 Å². The number of halogens is 2. The lowest BCUT2D eigenvalue weighted by molar-refractivity contribution is 0.0920. The van der Waals surface area contributed by atoms with Crippen LogP contribution in [0.1, 0.15) is 65.0 Å². The van der Waals surface area contributed by atoms with E-state index in [9.17, 15) is 4.79 Å². The lowest BCUT2D eigenvalue weighted by Gasteiger charge is -2.15. The van der Waals surface area contributed by atoms with Crippen LogP contribution in [-0.4, -0.2) is 22.2 Å². The van der Waals surface area contributed by atoms with Gasteiger partial charge >= 0.3 is 0 Å². The SMILES string of the molecule is Cc1cc(OCc2ccc(C(=O)NCCCn3nc(C)c(Cl)c3C)o2)c(C(C)C)cc1Cl. The molecule has 0 unspecified atom stereocenters. The molecule has 8 heteroatoms. The summed E-state index contributed by atoms with van der Waals surface area (Å²) in [6.07, 6.45) is 0.731. The molecule has 0 aliphatic heterocycles. The van der Waals surface area contributed by atoms with Crippen LogP contribution < -0.4 is 10.1 Å². The molecule has 1 amide bonds. The highest BCUT2D eigenvalue weighted by Crippen LogP contribution is 2.32. The summed E-state index contributed by atoms with van der Waals surface area (Å²) in [6, 6.07) is 7.29. The van der Waals surface area contributed by atoms with E-state index in [-0.39, 0.29) is 24.2 Å². The van der Waals surface area contributed by atoms with E-state index < -0.39 is 0 Å². The van der Waals surface area contributed by atoms with Gasteiger partial charge in [0.05, 0.1) is 16.4 Å². The fraction of sp³-hybridized carbons (Fsp3) is 0.417. The van der Waals surface area contributed by atoms with Crippen LogP contribution in [-0.2, 0) is 13.2 Å². The Labute approximate surface area is 198 Å². The van der Waals surface area contributed by atoms with E-state index in [0.717, 1.165) is 39.7 Å². The summed E-state index contributed by atoms with van der Waals surface area (Å²) in [5.74, 6) is 1.62. The molecule has 32 heavy (non-hydrogen) atoms. The number of nitrogens with zero attached hydrogens (tertiary/aromatic N) is 2. The Bertz CT molecular complexity index is 1100. The van der Waals surface area contributed by atoms with Crippen molar-refractivity contribution in [1.82, 2.24) is 15.1 Å². The number of aryl methyl sites for hydroxylation is 3. The van der Waals surface area contributed by atoms with Gasteiger partial charge in [0.15, 0.2) is 5.76 Å². The molecule has 3 aromatic rings. The maximum absolute atomic E-state index is 12.4. The smallest absolute Gasteiger partial charge is 0.286 e. The predicted octanol–water partition coefficient (Wildman–Crippen LogP) is 6.23. The average molecular weight is 478 g/mol. The van der Waals surface area contributed by atoms with Crippen molar-refractivity contribution in [3.63, 3.8) is 0 Å². The molecule has 0 fully saturated rings. The molecule has 0 aliphatic carbocycles. The quantitative estimate of drug-likeness (QED) is 0.370. The topological polar surface area (TPSA) is 69.3 Å². The number of rotatable bonds is 9. The second-order valence-electron chi connectivity index (χ2n) is 8.17. The van der Waals surface area contributed by atoms with Crippen LogP contribution in [0.3, 0.4) is 0 Å². The van der Waals surface area contributed by atoms with Crippen molar-refractivity contribution >= 4 is 29.1 Å². The monoisotopic (exact) mass is 477 g/mol. The summed E-state index contributed by atoms with van der Waals surface area (Å²) in [7, 11) is 0. The molecule has 2 aromatic heterocycles. The molecule has 0 aliphatic rings. The van der Waals surface area contributed by atoms with Crippen molar-refractivity contribution in [2.75, 3.05) is 6.54 Å². The number of hydrogen-bond acceptors (Lipinski definition) is 4. The van der Waals surface area contributed by atoms with E-state index >= 15 is 0 Å². The zero-order valence-corrected chi connectivity index (χ0v) is 20.6. The largest absolute Gasteiger partial charge is 0.485 e. The Morgan fingerprint density at radius 2 is 1.97 bits per heavy atom. The molecule has 0 atom stereocenters. The Balaban J connectivity index is 1.51. The first-order valence-corrected chi connectivity index (χ1v) is 11.4. The van der Waals surface area contributed by atoms with Gasteiger partial charge in [-0.05, 0) is 68.5 Å². The highest BCUT2D eigenvalue weighted by atomic mass is 35.5. The summed E-state index contributed by atoms with van der Waals surface area (Å²) >= 11 is 12.4. The molecule has 3 rings (SSSR count). The van der Waals surface area contributed by atoms with E-state index in [1.807, 2.05) is 37.6 Å². The first kappa shape index (κ1) is 24.2. The number of hydrogen-bond donors (Lipinski definition) is 1. The first-order valence-electron chi connectivity index (χ1n) is 10.7. The first-order chi connectivity index (χ1) is 15.2. The Kier molecular flexibility index (Phi) is 7.91. The fourth-order valence-corrected chi connectivity index (χ4v) is 3.69. The number of nitrogens with one attached hydrogen (secondary N) is 1. The Hall–Kier alpha value is -2.44. The van der Waals surface area contributed by atoms with Gasteiger partial charge in [0, 0.05) is 18.1 Å². The van der Waals surface area contributed by atoms with Crippen molar-refractivity contribution < 1.29 is 13.9 Å². The minimum atomic E-state index is -0.257. The highest BCUT2D eigenvalue weighted by Gasteiger charge is 2.15. The van der Waals surface area contributed by atoms with Crippen LogP contribution in [0.2, 0.25) is 10.0 Å². The summed E-state index contributed by atoms with van der Waals surface area (Å²) in [6.45, 7) is 11.3. The number of ether oxygens (including phenoxy) is 1. The zero-order valence-electron chi connectivity index (χ0n) is 19.1. The number of furan rings is 1. The number of amides is 1. The van der Waals surface area contributed by atoms with Crippen LogP contribution in [0.15, 0.2) is 28.7 Å². The maximum atomic E-state index is 12.4. The van der Waals surface area contributed by atoms with Crippen LogP contribution in [0.5, 0.6) is 5.75 Å². The van der Waals surface area contributed by atoms with E-state index in [0.29, 0.717) is 23.9 Å². The van der Waals surface area contributed by atoms with E-state index in [4.69, 9.17) is 32.4 Å². The number of carbonyl (C=O) groups is 1. The van der Waals surface area contributed by atoms with Gasteiger partial charge in [-0.25, -0.2) is 0 Å². The van der Waals surface area contributed by atoms with E-state index in [1.54, 1.807) is 12.1 Å². The van der Waals surface area contributed by atoms with Gasteiger partial charge < -0.3 is 14.5 Å². The Morgan fingerprint density at radius 1 is 1.22 bits per heavy atom. The number of benzene rings is 1. The summed E-state index contributed by atoms with van der Waals surface area (Å²) in [4.78, 5) is 12.4. The van der Waals surface area contributed by atoms with Crippen molar-refractivity contribution in [1.29, 1.82) is 0 Å². The van der Waals surface area contributed by atoms with Crippen LogP contribution in [0, 0.1) is 20.8 Å². The number of aromatic nitrogens is 2. The predicted molar refractivity (Wildman–Crippen MR) is 127 cm³/mol. The maximum Gasteiger partial charge on any atom is 0.286 e. The Morgan fingerprint density at radius 3 is 2.62 bits per heavy atom. The van der Waals surface area contributed by atoms with Crippen molar-refractivity contribution in [3.05, 3.63) is 68.3 Å². The van der Waals surface area contributed by atoms with E-state index in [1.165, 1.54) is 0 Å². The number of carbonyl (C=O) groups excluding carboxylic acids is 1. The molecule has 0 radical (unpaired) electrons. The molecule has 172 valence electrons. The molecular formula is C24H29Cl2N3O3. The minimum Gasteiger partial charge on any atom is -0.485 e. The normalized spacial score (nSPS) is 11.2. The van der Waals surface area contributed by atoms with Gasteiger partial charge in [0.2, 0.25) is 0 Å². The second kappa shape index (κ2) is 10.5. The van der Waals surface area contributed by atoms with E-state index in [2.05, 4.69) is 24.3 Å². The molecule has 0 bridgehead atoms. The van der Waals surface area contributed by atoms with Crippen molar-refractivity contribution in [3.8, 4) is 5.75 Å². The molecule has 2 heterocycles.